The maximum Gasteiger partial charge on any atom is 0.491 e. The Balaban J connectivity index is 1.84. The quantitative estimate of drug-likeness (QED) is 0.202. The molecule has 1 aromatic carbocycles. The van der Waals surface area contributed by atoms with Crippen LogP contribution in [-0.4, -0.2) is 52.7 Å². The molecule has 1 atom stereocenters. The molecule has 0 saturated carbocycles. The van der Waals surface area contributed by atoms with Gasteiger partial charge in [0, 0.05) is 12.6 Å². The number of halogens is 5. The second-order valence-electron chi connectivity index (χ2n) is 9.27. The van der Waals surface area contributed by atoms with Gasteiger partial charge in [0.1, 0.15) is 29.7 Å². The number of pyridine rings is 1. The molecule has 10 nitrogen and oxygen atoms in total. The van der Waals surface area contributed by atoms with Gasteiger partial charge in [-0.1, -0.05) is 19.4 Å². The Kier molecular flexibility index (Phi) is 9.40. The van der Waals surface area contributed by atoms with Crippen molar-refractivity contribution in [1.82, 2.24) is 20.0 Å². The van der Waals surface area contributed by atoms with Crippen molar-refractivity contribution in [3.05, 3.63) is 59.0 Å². The number of alkyl carbamates (subject to hydrolysis) is 1. The summed E-state index contributed by atoms with van der Waals surface area (Å²) >= 11 is 0. The number of hydrogen-bond acceptors (Lipinski definition) is 7. The minimum atomic E-state index is -5.36. The molecule has 2 heterocycles. The molecule has 1 unspecified atom stereocenters. The first-order valence-electron chi connectivity index (χ1n) is 12.2. The molecule has 0 aliphatic rings. The van der Waals surface area contributed by atoms with Crippen molar-refractivity contribution in [3.8, 4) is 11.5 Å². The van der Waals surface area contributed by atoms with Crippen LogP contribution in [0.3, 0.4) is 0 Å². The summed E-state index contributed by atoms with van der Waals surface area (Å²) in [5, 5.41) is 4.80. The molecule has 0 aliphatic carbocycles. The Labute approximate surface area is 230 Å². The number of methoxy groups -OCH3 is 1. The average Bonchev–Trinajstić information content (AvgIpc) is 3.22. The standard InChI is InChI=1S/C26H27F5N4O6/c1-5-9-25(3,34-24(38)41-23(37)26(29,30)31)13-32-22(36)20-14(2)33-21-19(10-15(39-4)11-35(20)21)40-12-16-17(27)7-6-8-18(16)28/h6-8,10-11H,5,9,12-13H2,1-4H3,(H,32,36)(H,34,38). The molecule has 0 saturated heterocycles. The van der Waals surface area contributed by atoms with Gasteiger partial charge in [-0.15, -0.1) is 0 Å². The van der Waals surface area contributed by atoms with Crippen molar-refractivity contribution < 1.29 is 50.5 Å². The van der Waals surface area contributed by atoms with Crippen molar-refractivity contribution >= 4 is 23.6 Å². The predicted molar refractivity (Wildman–Crippen MR) is 133 cm³/mol. The van der Waals surface area contributed by atoms with E-state index < -0.39 is 47.9 Å². The molecule has 0 bridgehead atoms. The predicted octanol–water partition coefficient (Wildman–Crippen LogP) is 4.61. The number of benzene rings is 1. The van der Waals surface area contributed by atoms with Crippen molar-refractivity contribution in [1.29, 1.82) is 0 Å². The summed E-state index contributed by atoms with van der Waals surface area (Å²) in [4.78, 5) is 40.6. The highest BCUT2D eigenvalue weighted by Crippen LogP contribution is 2.29. The summed E-state index contributed by atoms with van der Waals surface area (Å²) in [5.74, 6) is -4.69. The van der Waals surface area contributed by atoms with Gasteiger partial charge in [0.25, 0.3) is 5.91 Å². The fourth-order valence-electron chi connectivity index (χ4n) is 4.04. The van der Waals surface area contributed by atoms with Gasteiger partial charge in [0.2, 0.25) is 0 Å². The van der Waals surface area contributed by atoms with E-state index in [9.17, 15) is 36.3 Å². The lowest BCUT2D eigenvalue weighted by Crippen LogP contribution is -2.54. The molecule has 2 N–H and O–H groups in total. The average molecular weight is 587 g/mol. The second-order valence-corrected chi connectivity index (χ2v) is 9.27. The number of amides is 2. The summed E-state index contributed by atoms with van der Waals surface area (Å²) in [6, 6.07) is 4.81. The van der Waals surface area contributed by atoms with Crippen LogP contribution in [0.4, 0.5) is 26.7 Å². The first-order chi connectivity index (χ1) is 19.2. The zero-order valence-electron chi connectivity index (χ0n) is 22.4. The number of esters is 1. The van der Waals surface area contributed by atoms with Crippen LogP contribution in [0.2, 0.25) is 0 Å². The lowest BCUT2D eigenvalue weighted by atomic mass is 9.96. The highest BCUT2D eigenvalue weighted by Gasteiger charge is 2.43. The molecule has 0 spiro atoms. The smallest absolute Gasteiger partial charge is 0.491 e. The second kappa shape index (κ2) is 12.4. The molecule has 41 heavy (non-hydrogen) atoms. The fraction of sp³-hybridized carbons (Fsp3) is 0.385. The number of nitrogens with zero attached hydrogens (tertiary/aromatic N) is 2. The monoisotopic (exact) mass is 586 g/mol. The molecule has 2 amide bonds. The van der Waals surface area contributed by atoms with Crippen LogP contribution in [0.5, 0.6) is 11.5 Å². The van der Waals surface area contributed by atoms with Gasteiger partial charge in [-0.3, -0.25) is 9.20 Å². The van der Waals surface area contributed by atoms with E-state index in [-0.39, 0.29) is 47.1 Å². The number of hydrogen-bond donors (Lipinski definition) is 2. The molecule has 15 heteroatoms. The largest absolute Gasteiger partial charge is 0.495 e. The number of nitrogens with one attached hydrogen (secondary N) is 2. The number of aromatic nitrogens is 2. The van der Waals surface area contributed by atoms with Gasteiger partial charge in [-0.2, -0.15) is 13.2 Å². The fourth-order valence-corrected chi connectivity index (χ4v) is 4.04. The maximum atomic E-state index is 14.1. The third kappa shape index (κ3) is 7.41. The van der Waals surface area contributed by atoms with Crippen molar-refractivity contribution in [3.63, 3.8) is 0 Å². The topological polar surface area (TPSA) is 120 Å². The molecule has 2 aromatic heterocycles. The summed E-state index contributed by atoms with van der Waals surface area (Å²) in [6.07, 6.45) is -4.89. The minimum absolute atomic E-state index is 0.0227. The Morgan fingerprint density at radius 3 is 2.37 bits per heavy atom. The lowest BCUT2D eigenvalue weighted by Gasteiger charge is -2.30. The van der Waals surface area contributed by atoms with Gasteiger partial charge in [-0.05, 0) is 32.4 Å². The lowest BCUT2D eigenvalue weighted by molar-refractivity contribution is -0.193. The molecular weight excluding hydrogens is 559 g/mol. The number of alkyl halides is 3. The van der Waals surface area contributed by atoms with E-state index in [1.807, 2.05) is 0 Å². The molecule has 3 aromatic rings. The van der Waals surface area contributed by atoms with E-state index >= 15 is 0 Å². The number of rotatable bonds is 10. The van der Waals surface area contributed by atoms with Gasteiger partial charge >= 0.3 is 18.2 Å². The van der Waals surface area contributed by atoms with E-state index in [1.54, 1.807) is 6.92 Å². The van der Waals surface area contributed by atoms with Crippen molar-refractivity contribution in [2.45, 2.75) is 51.9 Å². The van der Waals surface area contributed by atoms with Crippen LogP contribution >= 0.6 is 0 Å². The van der Waals surface area contributed by atoms with Crippen molar-refractivity contribution in [2.24, 2.45) is 0 Å². The number of carbonyl (C=O) groups excluding carboxylic acids is 3. The Hall–Kier alpha value is -4.43. The van der Waals surface area contributed by atoms with E-state index in [0.29, 0.717) is 6.42 Å². The number of carbonyl (C=O) groups is 3. The zero-order chi connectivity index (χ0) is 30.5. The zero-order valence-corrected chi connectivity index (χ0v) is 22.4. The summed E-state index contributed by atoms with van der Waals surface area (Å²) in [7, 11) is 1.36. The van der Waals surface area contributed by atoms with E-state index in [4.69, 9.17) is 9.47 Å². The highest BCUT2D eigenvalue weighted by molar-refractivity contribution is 5.95. The van der Waals surface area contributed by atoms with E-state index in [1.165, 1.54) is 43.7 Å². The Bertz CT molecular complexity index is 1440. The van der Waals surface area contributed by atoms with Gasteiger partial charge in [0.15, 0.2) is 11.4 Å². The summed E-state index contributed by atoms with van der Waals surface area (Å²) in [5.41, 5.74) is -1.22. The first-order valence-corrected chi connectivity index (χ1v) is 12.2. The summed E-state index contributed by atoms with van der Waals surface area (Å²) < 4.78 is 81.6. The van der Waals surface area contributed by atoms with Gasteiger partial charge in [0.05, 0.1) is 30.1 Å². The van der Waals surface area contributed by atoms with Crippen LogP contribution in [-0.2, 0) is 16.1 Å². The third-order valence-electron chi connectivity index (χ3n) is 5.98. The van der Waals surface area contributed by atoms with Crippen LogP contribution < -0.4 is 20.1 Å². The van der Waals surface area contributed by atoms with Gasteiger partial charge < -0.3 is 24.8 Å². The number of aryl methyl sites for hydroxylation is 1. The van der Waals surface area contributed by atoms with E-state index in [2.05, 4.69) is 20.4 Å². The summed E-state index contributed by atoms with van der Waals surface area (Å²) in [6.45, 7) is 3.97. The molecule has 0 fully saturated rings. The Morgan fingerprint density at radius 2 is 1.78 bits per heavy atom. The minimum Gasteiger partial charge on any atom is -0.495 e. The van der Waals surface area contributed by atoms with Gasteiger partial charge in [-0.25, -0.2) is 23.4 Å². The number of fused-ring (bicyclic) bond motifs is 1. The number of ether oxygens (including phenoxy) is 3. The maximum absolute atomic E-state index is 14.1. The van der Waals surface area contributed by atoms with Crippen LogP contribution in [0.25, 0.3) is 5.65 Å². The SMILES string of the molecule is CCCC(C)(CNC(=O)c1c(C)nc2c(OCc3c(F)cccc3F)cc(OC)cn12)NC(=O)OC(=O)C(F)(F)F. The molecule has 222 valence electrons. The van der Waals surface area contributed by atoms with Crippen LogP contribution in [0, 0.1) is 18.6 Å². The number of imidazole rings is 1. The Morgan fingerprint density at radius 1 is 1.12 bits per heavy atom. The third-order valence-corrected chi connectivity index (χ3v) is 5.98. The molecular formula is C26H27F5N4O6. The first kappa shape index (κ1) is 31.1. The molecule has 0 radical (unpaired) electrons. The van der Waals surface area contributed by atoms with Crippen molar-refractivity contribution in [2.75, 3.05) is 13.7 Å². The molecule has 0 aliphatic heterocycles. The molecule has 3 rings (SSSR count). The van der Waals surface area contributed by atoms with Crippen LogP contribution in [0.15, 0.2) is 30.5 Å². The van der Waals surface area contributed by atoms with Crippen LogP contribution in [0.1, 0.15) is 48.4 Å². The highest BCUT2D eigenvalue weighted by atomic mass is 19.4. The van der Waals surface area contributed by atoms with E-state index in [0.717, 1.165) is 12.1 Å². The normalized spacial score (nSPS) is 12.9.